The Hall–Kier alpha value is -3.53. The monoisotopic (exact) mass is 366 g/mol. The Morgan fingerprint density at radius 2 is 1.36 bits per heavy atom. The molecule has 0 bridgehead atoms. The molecule has 0 saturated carbocycles. The van der Waals surface area contributed by atoms with Crippen molar-refractivity contribution >= 4 is 29.1 Å². The van der Waals surface area contributed by atoms with E-state index in [1.54, 1.807) is 7.11 Å². The van der Waals surface area contributed by atoms with Crippen molar-refractivity contribution in [1.29, 1.82) is 0 Å². The fourth-order valence-electron chi connectivity index (χ4n) is 3.79. The van der Waals surface area contributed by atoms with Gasteiger partial charge in [-0.15, -0.1) is 0 Å². The molecular weight excluding hydrogens is 348 g/mol. The summed E-state index contributed by atoms with van der Waals surface area (Å²) in [5, 5.41) is 0. The van der Waals surface area contributed by atoms with Crippen LogP contribution < -0.4 is 4.74 Å². The van der Waals surface area contributed by atoms with Gasteiger partial charge in [-0.3, -0.25) is 14.8 Å². The highest BCUT2D eigenvalue weighted by Gasteiger charge is 2.19. The Labute approximate surface area is 163 Å². The summed E-state index contributed by atoms with van der Waals surface area (Å²) in [5.41, 5.74) is 9.29. The minimum Gasteiger partial charge on any atom is -0.497 e. The molecule has 0 saturated heterocycles. The van der Waals surface area contributed by atoms with Gasteiger partial charge in [-0.05, 0) is 58.7 Å². The SMILES string of the molecule is COc1ccc2c(c1)CC(c1ccc(C3=Nc4ccc(C=O)cc4C3)cc1)=N2. The van der Waals surface area contributed by atoms with E-state index in [4.69, 9.17) is 14.7 Å². The number of benzene rings is 3. The molecule has 2 aliphatic heterocycles. The molecule has 3 aromatic carbocycles. The van der Waals surface area contributed by atoms with E-state index >= 15 is 0 Å². The number of aldehydes is 1. The van der Waals surface area contributed by atoms with Gasteiger partial charge in [0.1, 0.15) is 12.0 Å². The first kappa shape index (κ1) is 16.6. The fourth-order valence-corrected chi connectivity index (χ4v) is 3.79. The van der Waals surface area contributed by atoms with Crippen molar-refractivity contribution in [3.8, 4) is 5.75 Å². The van der Waals surface area contributed by atoms with E-state index in [1.165, 1.54) is 5.56 Å². The topological polar surface area (TPSA) is 51.0 Å². The van der Waals surface area contributed by atoms with Crippen LogP contribution in [0.3, 0.4) is 0 Å². The van der Waals surface area contributed by atoms with Crippen LogP contribution in [0.4, 0.5) is 11.4 Å². The number of hydrogen-bond donors (Lipinski definition) is 0. The number of hydrogen-bond acceptors (Lipinski definition) is 4. The van der Waals surface area contributed by atoms with Crippen LogP contribution in [0.15, 0.2) is 70.6 Å². The lowest BCUT2D eigenvalue weighted by Crippen LogP contribution is -2.04. The zero-order valence-electron chi connectivity index (χ0n) is 15.5. The molecule has 4 nitrogen and oxygen atoms in total. The van der Waals surface area contributed by atoms with Gasteiger partial charge in [0.15, 0.2) is 0 Å². The summed E-state index contributed by atoms with van der Waals surface area (Å²) in [6, 6.07) is 20.1. The maximum absolute atomic E-state index is 11.0. The Balaban J connectivity index is 1.37. The molecule has 0 unspecified atom stereocenters. The molecule has 0 spiro atoms. The molecule has 2 heterocycles. The van der Waals surface area contributed by atoms with Crippen molar-refractivity contribution in [1.82, 2.24) is 0 Å². The molecule has 0 aliphatic carbocycles. The van der Waals surface area contributed by atoms with Crippen LogP contribution in [0.2, 0.25) is 0 Å². The van der Waals surface area contributed by atoms with Gasteiger partial charge >= 0.3 is 0 Å². The number of ether oxygens (including phenoxy) is 1. The van der Waals surface area contributed by atoms with Gasteiger partial charge < -0.3 is 4.74 Å². The van der Waals surface area contributed by atoms with Crippen molar-refractivity contribution in [3.63, 3.8) is 0 Å². The molecule has 0 amide bonds. The standard InChI is InChI=1S/C24H18N2O2/c1-28-20-7-9-22-19(11-20)13-24(26-22)17-5-3-16(4-6-17)23-12-18-10-15(14-27)2-8-21(18)25-23/h2-11,14H,12-13H2,1H3. The van der Waals surface area contributed by atoms with E-state index in [0.29, 0.717) is 5.56 Å². The number of aliphatic imine (C=N–C) groups is 2. The summed E-state index contributed by atoms with van der Waals surface area (Å²) in [7, 11) is 1.68. The molecule has 5 rings (SSSR count). The maximum atomic E-state index is 11.0. The van der Waals surface area contributed by atoms with Gasteiger partial charge in [0, 0.05) is 18.4 Å². The van der Waals surface area contributed by atoms with E-state index in [-0.39, 0.29) is 0 Å². The molecule has 0 radical (unpaired) electrons. The lowest BCUT2D eigenvalue weighted by Gasteiger charge is -2.04. The first-order chi connectivity index (χ1) is 13.7. The lowest BCUT2D eigenvalue weighted by atomic mass is 9.99. The fraction of sp³-hybridized carbons (Fsp3) is 0.125. The molecule has 0 fully saturated rings. The molecule has 136 valence electrons. The second kappa shape index (κ2) is 6.57. The lowest BCUT2D eigenvalue weighted by molar-refractivity contribution is 0.112. The summed E-state index contributed by atoms with van der Waals surface area (Å²) in [6.45, 7) is 0. The van der Waals surface area contributed by atoms with Crippen molar-refractivity contribution in [2.75, 3.05) is 7.11 Å². The van der Waals surface area contributed by atoms with Crippen molar-refractivity contribution in [2.24, 2.45) is 9.98 Å². The molecule has 0 N–H and O–H groups in total. The normalized spacial score (nSPS) is 14.2. The van der Waals surface area contributed by atoms with E-state index in [1.807, 2.05) is 30.3 Å². The summed E-state index contributed by atoms with van der Waals surface area (Å²) >= 11 is 0. The van der Waals surface area contributed by atoms with Gasteiger partial charge in [-0.25, -0.2) is 0 Å². The number of nitrogens with zero attached hydrogens (tertiary/aromatic N) is 2. The predicted molar refractivity (Wildman–Crippen MR) is 111 cm³/mol. The average Bonchev–Trinajstić information content (AvgIpc) is 3.36. The van der Waals surface area contributed by atoms with Crippen molar-refractivity contribution in [3.05, 3.63) is 88.5 Å². The molecule has 3 aromatic rings. The van der Waals surface area contributed by atoms with Gasteiger partial charge in [0.25, 0.3) is 0 Å². The predicted octanol–water partition coefficient (Wildman–Crippen LogP) is 4.86. The maximum Gasteiger partial charge on any atom is 0.150 e. The van der Waals surface area contributed by atoms with Gasteiger partial charge in [-0.2, -0.15) is 0 Å². The zero-order valence-corrected chi connectivity index (χ0v) is 15.5. The summed E-state index contributed by atoms with van der Waals surface area (Å²) in [5.74, 6) is 0.863. The second-order valence-electron chi connectivity index (χ2n) is 7.05. The third kappa shape index (κ3) is 2.83. The summed E-state index contributed by atoms with van der Waals surface area (Å²) < 4.78 is 5.31. The highest BCUT2D eigenvalue weighted by molar-refractivity contribution is 6.09. The molecule has 0 aromatic heterocycles. The van der Waals surface area contributed by atoms with Crippen LogP contribution in [-0.2, 0) is 12.8 Å². The number of fused-ring (bicyclic) bond motifs is 2. The van der Waals surface area contributed by atoms with Crippen LogP contribution >= 0.6 is 0 Å². The minimum absolute atomic E-state index is 0.695. The Morgan fingerprint density at radius 1 is 0.786 bits per heavy atom. The number of methoxy groups -OCH3 is 1. The van der Waals surface area contributed by atoms with E-state index in [9.17, 15) is 4.79 Å². The van der Waals surface area contributed by atoms with Gasteiger partial charge in [-0.1, -0.05) is 24.3 Å². The Bertz CT molecular complexity index is 1160. The van der Waals surface area contributed by atoms with E-state index < -0.39 is 0 Å². The highest BCUT2D eigenvalue weighted by Crippen LogP contribution is 2.33. The highest BCUT2D eigenvalue weighted by atomic mass is 16.5. The first-order valence-electron chi connectivity index (χ1n) is 9.24. The molecule has 4 heteroatoms. The largest absolute Gasteiger partial charge is 0.497 e. The van der Waals surface area contributed by atoms with Crippen LogP contribution in [0, 0.1) is 0 Å². The number of carbonyl (C=O) groups excluding carboxylic acids is 1. The quantitative estimate of drug-likeness (QED) is 0.619. The van der Waals surface area contributed by atoms with Crippen molar-refractivity contribution < 1.29 is 9.53 Å². The third-order valence-corrected chi connectivity index (χ3v) is 5.30. The van der Waals surface area contributed by atoms with Gasteiger partial charge in [0.05, 0.1) is 29.9 Å². The number of rotatable bonds is 4. The Morgan fingerprint density at radius 3 is 1.93 bits per heavy atom. The molecular formula is C24H18N2O2. The average molecular weight is 366 g/mol. The Kier molecular flexibility index (Phi) is 3.90. The van der Waals surface area contributed by atoms with Crippen molar-refractivity contribution in [2.45, 2.75) is 12.8 Å². The smallest absolute Gasteiger partial charge is 0.150 e. The molecule has 0 atom stereocenters. The molecule has 2 aliphatic rings. The van der Waals surface area contributed by atoms with Crippen LogP contribution in [-0.4, -0.2) is 24.8 Å². The van der Waals surface area contributed by atoms with Gasteiger partial charge in [0.2, 0.25) is 0 Å². The zero-order chi connectivity index (χ0) is 19.1. The van der Waals surface area contributed by atoms with Crippen LogP contribution in [0.1, 0.15) is 32.6 Å². The van der Waals surface area contributed by atoms with E-state index in [0.717, 1.165) is 64.4 Å². The first-order valence-corrected chi connectivity index (χ1v) is 9.24. The third-order valence-electron chi connectivity index (χ3n) is 5.30. The number of carbonyl (C=O) groups is 1. The van der Waals surface area contributed by atoms with E-state index in [2.05, 4.69) is 30.3 Å². The van der Waals surface area contributed by atoms with Crippen LogP contribution in [0.25, 0.3) is 0 Å². The summed E-state index contributed by atoms with van der Waals surface area (Å²) in [4.78, 5) is 20.5. The second-order valence-corrected chi connectivity index (χ2v) is 7.05. The minimum atomic E-state index is 0.695. The molecule has 28 heavy (non-hydrogen) atoms. The summed E-state index contributed by atoms with van der Waals surface area (Å²) in [6.07, 6.45) is 2.44. The van der Waals surface area contributed by atoms with Crippen LogP contribution in [0.5, 0.6) is 5.75 Å².